The van der Waals surface area contributed by atoms with Crippen molar-refractivity contribution in [3.63, 3.8) is 0 Å². The summed E-state index contributed by atoms with van der Waals surface area (Å²) in [6.45, 7) is 5.18. The van der Waals surface area contributed by atoms with Gasteiger partial charge in [-0.2, -0.15) is 0 Å². The lowest BCUT2D eigenvalue weighted by molar-refractivity contribution is -0.939. The van der Waals surface area contributed by atoms with E-state index in [9.17, 15) is 0 Å². The molecule has 1 aliphatic heterocycles. The standard InChI is InChI=1S/C17H23N3O2/c1-21-15-6-4-14(5-7-15)19-8-10-20(11-9-19)16(13-18)17-3-2-12-22-17/h2-7,12,16H,8-11,13,18H2,1H3/p+2/t16-/m0/s1. The molecule has 1 aromatic heterocycles. The van der Waals surface area contributed by atoms with Crippen LogP contribution in [0.15, 0.2) is 47.1 Å². The Morgan fingerprint density at radius 3 is 2.50 bits per heavy atom. The van der Waals surface area contributed by atoms with Gasteiger partial charge in [-0.1, -0.05) is 0 Å². The van der Waals surface area contributed by atoms with Crippen molar-refractivity contribution in [1.82, 2.24) is 0 Å². The van der Waals surface area contributed by atoms with E-state index in [-0.39, 0.29) is 0 Å². The monoisotopic (exact) mass is 303 g/mol. The number of quaternary nitrogens is 2. The third-order valence-electron chi connectivity index (χ3n) is 4.51. The van der Waals surface area contributed by atoms with Crippen LogP contribution in [0.1, 0.15) is 11.8 Å². The fourth-order valence-corrected chi connectivity index (χ4v) is 3.23. The summed E-state index contributed by atoms with van der Waals surface area (Å²) in [6, 6.07) is 12.7. The highest BCUT2D eigenvalue weighted by Crippen LogP contribution is 2.19. The van der Waals surface area contributed by atoms with Crippen molar-refractivity contribution in [2.24, 2.45) is 0 Å². The van der Waals surface area contributed by atoms with Gasteiger partial charge in [-0.15, -0.1) is 0 Å². The summed E-state index contributed by atoms with van der Waals surface area (Å²) in [5.41, 5.74) is 5.37. The van der Waals surface area contributed by atoms with Crippen LogP contribution in [0, 0.1) is 0 Å². The number of anilines is 1. The quantitative estimate of drug-likeness (QED) is 0.816. The molecule has 0 unspecified atom stereocenters. The van der Waals surface area contributed by atoms with Gasteiger partial charge in [0.2, 0.25) is 0 Å². The predicted octanol–water partition coefficient (Wildman–Crippen LogP) is -0.0237. The van der Waals surface area contributed by atoms with Crippen molar-refractivity contribution in [2.75, 3.05) is 44.7 Å². The van der Waals surface area contributed by atoms with E-state index >= 15 is 0 Å². The Kier molecular flexibility index (Phi) is 4.65. The maximum absolute atomic E-state index is 5.59. The summed E-state index contributed by atoms with van der Waals surface area (Å²) < 4.78 is 10.8. The first-order chi connectivity index (χ1) is 10.8. The van der Waals surface area contributed by atoms with Crippen LogP contribution in [0.5, 0.6) is 5.75 Å². The topological polar surface area (TPSA) is 57.7 Å². The van der Waals surface area contributed by atoms with Gasteiger partial charge in [0, 0.05) is 5.69 Å². The zero-order valence-corrected chi connectivity index (χ0v) is 13.1. The molecule has 1 aromatic carbocycles. The summed E-state index contributed by atoms with van der Waals surface area (Å²) >= 11 is 0. The van der Waals surface area contributed by atoms with Crippen LogP contribution in [0.4, 0.5) is 5.69 Å². The van der Waals surface area contributed by atoms with E-state index in [0.717, 1.165) is 44.2 Å². The highest BCUT2D eigenvalue weighted by molar-refractivity contribution is 5.49. The molecule has 2 aromatic rings. The smallest absolute Gasteiger partial charge is 0.195 e. The Hall–Kier alpha value is -1.98. The van der Waals surface area contributed by atoms with Crippen LogP contribution in [-0.2, 0) is 0 Å². The average molecular weight is 303 g/mol. The molecule has 3 rings (SSSR count). The molecule has 2 heterocycles. The highest BCUT2D eigenvalue weighted by atomic mass is 16.5. The number of hydrogen-bond donors (Lipinski definition) is 2. The van der Waals surface area contributed by atoms with Gasteiger partial charge >= 0.3 is 0 Å². The second kappa shape index (κ2) is 6.85. The lowest BCUT2D eigenvalue weighted by Gasteiger charge is -2.36. The number of piperazine rings is 1. The number of methoxy groups -OCH3 is 1. The van der Waals surface area contributed by atoms with Gasteiger partial charge in [0.1, 0.15) is 12.3 Å². The molecule has 0 bridgehead atoms. The Bertz CT molecular complexity index is 560. The minimum Gasteiger partial charge on any atom is -0.497 e. The van der Waals surface area contributed by atoms with Gasteiger partial charge < -0.3 is 24.7 Å². The molecule has 1 atom stereocenters. The molecule has 5 heteroatoms. The summed E-state index contributed by atoms with van der Waals surface area (Å²) in [4.78, 5) is 4.00. The van der Waals surface area contributed by atoms with Crippen molar-refractivity contribution in [3.8, 4) is 5.75 Å². The Balaban J connectivity index is 1.61. The Morgan fingerprint density at radius 1 is 1.23 bits per heavy atom. The maximum Gasteiger partial charge on any atom is 0.195 e. The molecule has 4 N–H and O–H groups in total. The maximum atomic E-state index is 5.59. The fourth-order valence-electron chi connectivity index (χ4n) is 3.23. The molecule has 0 radical (unpaired) electrons. The minimum absolute atomic E-state index is 0.369. The molecular formula is C17H25N3O2+2. The number of hydrogen-bond acceptors (Lipinski definition) is 3. The summed E-state index contributed by atoms with van der Waals surface area (Å²) in [7, 11) is 1.70. The van der Waals surface area contributed by atoms with E-state index in [4.69, 9.17) is 9.15 Å². The van der Waals surface area contributed by atoms with E-state index in [0.29, 0.717) is 6.04 Å². The molecule has 0 aliphatic carbocycles. The third kappa shape index (κ3) is 3.10. The van der Waals surface area contributed by atoms with Gasteiger partial charge in [-0.3, -0.25) is 0 Å². The molecule has 5 nitrogen and oxygen atoms in total. The normalized spacial score (nSPS) is 17.5. The van der Waals surface area contributed by atoms with Crippen molar-refractivity contribution in [2.45, 2.75) is 6.04 Å². The fraction of sp³-hybridized carbons (Fsp3) is 0.412. The summed E-state index contributed by atoms with van der Waals surface area (Å²) in [5.74, 6) is 1.96. The number of benzene rings is 1. The van der Waals surface area contributed by atoms with Crippen LogP contribution in [0.3, 0.4) is 0 Å². The molecule has 0 saturated carbocycles. The highest BCUT2D eigenvalue weighted by Gasteiger charge is 2.30. The number of furan rings is 1. The van der Waals surface area contributed by atoms with Gasteiger partial charge in [0.15, 0.2) is 11.8 Å². The largest absolute Gasteiger partial charge is 0.497 e. The van der Waals surface area contributed by atoms with Crippen molar-refractivity contribution >= 4 is 5.69 Å². The summed E-state index contributed by atoms with van der Waals surface area (Å²) in [6.07, 6.45) is 1.75. The number of rotatable bonds is 5. The van der Waals surface area contributed by atoms with Gasteiger partial charge in [-0.05, 0) is 36.4 Å². The van der Waals surface area contributed by atoms with Crippen molar-refractivity contribution in [3.05, 3.63) is 48.4 Å². The third-order valence-corrected chi connectivity index (χ3v) is 4.51. The molecule has 0 amide bonds. The van der Waals surface area contributed by atoms with Crippen molar-refractivity contribution < 1.29 is 19.8 Å². The average Bonchev–Trinajstić information content (AvgIpc) is 3.11. The van der Waals surface area contributed by atoms with Crippen LogP contribution in [0.2, 0.25) is 0 Å². The van der Waals surface area contributed by atoms with E-state index in [2.05, 4.69) is 28.8 Å². The SMILES string of the molecule is COc1ccc(N2CC[NH+]([C@@H](C[NH3+])c3ccco3)CC2)cc1. The Labute approximate surface area is 131 Å². The van der Waals surface area contributed by atoms with Crippen LogP contribution in [-0.4, -0.2) is 39.8 Å². The second-order valence-electron chi connectivity index (χ2n) is 5.70. The molecule has 118 valence electrons. The van der Waals surface area contributed by atoms with Crippen LogP contribution in [0.25, 0.3) is 0 Å². The first-order valence-electron chi connectivity index (χ1n) is 7.88. The first-order valence-corrected chi connectivity index (χ1v) is 7.88. The number of ether oxygens (including phenoxy) is 1. The second-order valence-corrected chi connectivity index (χ2v) is 5.70. The zero-order valence-electron chi connectivity index (χ0n) is 13.1. The molecule has 0 spiro atoms. The van der Waals surface area contributed by atoms with Gasteiger partial charge in [-0.25, -0.2) is 0 Å². The molecule has 1 aliphatic rings. The van der Waals surface area contributed by atoms with E-state index < -0.39 is 0 Å². The zero-order chi connectivity index (χ0) is 15.4. The summed E-state index contributed by atoms with van der Waals surface area (Å²) in [5, 5.41) is 0. The number of nitrogens with zero attached hydrogens (tertiary/aromatic N) is 1. The lowest BCUT2D eigenvalue weighted by Crippen LogP contribution is -3.16. The first kappa shape index (κ1) is 14.9. The molecule has 1 fully saturated rings. The van der Waals surface area contributed by atoms with Crippen LogP contribution < -0.4 is 20.3 Å². The van der Waals surface area contributed by atoms with E-state index in [1.165, 1.54) is 5.69 Å². The molecule has 1 saturated heterocycles. The minimum atomic E-state index is 0.369. The van der Waals surface area contributed by atoms with E-state index in [1.807, 2.05) is 18.2 Å². The predicted molar refractivity (Wildman–Crippen MR) is 85.1 cm³/mol. The van der Waals surface area contributed by atoms with Crippen molar-refractivity contribution in [1.29, 1.82) is 0 Å². The molecular weight excluding hydrogens is 278 g/mol. The van der Waals surface area contributed by atoms with Gasteiger partial charge in [0.05, 0.1) is 39.6 Å². The number of nitrogens with one attached hydrogen (secondary N) is 1. The molecule has 22 heavy (non-hydrogen) atoms. The van der Waals surface area contributed by atoms with E-state index in [1.54, 1.807) is 18.3 Å². The van der Waals surface area contributed by atoms with Gasteiger partial charge in [0.25, 0.3) is 0 Å². The Morgan fingerprint density at radius 2 is 1.95 bits per heavy atom. The lowest BCUT2D eigenvalue weighted by atomic mass is 10.1. The van der Waals surface area contributed by atoms with Crippen LogP contribution >= 0.6 is 0 Å².